The molecule has 2 unspecified atom stereocenters. The number of Topliss-reactive ketones (excluding diaryl/α,β-unsaturated/α-hetero) is 1. The molecule has 0 spiro atoms. The highest BCUT2D eigenvalue weighted by molar-refractivity contribution is 5.82. The fourth-order valence-electron chi connectivity index (χ4n) is 3.48. The molecule has 1 fully saturated rings. The molecule has 2 heteroatoms. The van der Waals surface area contributed by atoms with Crippen molar-refractivity contribution in [2.45, 2.75) is 66.7 Å². The fourth-order valence-corrected chi connectivity index (χ4v) is 3.48. The van der Waals surface area contributed by atoms with E-state index >= 15 is 0 Å². The smallest absolute Gasteiger partial charge is 0.137 e. The highest BCUT2D eigenvalue weighted by Crippen LogP contribution is 2.32. The molecule has 0 bridgehead atoms. The first-order chi connectivity index (χ1) is 9.51. The normalized spacial score (nSPS) is 24.1. The van der Waals surface area contributed by atoms with Crippen LogP contribution >= 0.6 is 0 Å². The quantitative estimate of drug-likeness (QED) is 0.658. The van der Waals surface area contributed by atoms with Gasteiger partial charge in [0.1, 0.15) is 5.78 Å². The Labute approximate surface area is 126 Å². The Kier molecular flexibility index (Phi) is 7.79. The highest BCUT2D eigenvalue weighted by Gasteiger charge is 2.31. The summed E-state index contributed by atoms with van der Waals surface area (Å²) in [5, 5.41) is 0. The van der Waals surface area contributed by atoms with Crippen LogP contribution < -0.4 is 0 Å². The van der Waals surface area contributed by atoms with Gasteiger partial charge in [0, 0.05) is 25.4 Å². The van der Waals surface area contributed by atoms with Gasteiger partial charge in [0.2, 0.25) is 0 Å². The first kappa shape index (κ1) is 17.7. The van der Waals surface area contributed by atoms with Crippen LogP contribution in [0.4, 0.5) is 0 Å². The summed E-state index contributed by atoms with van der Waals surface area (Å²) in [5.41, 5.74) is 0. The molecule has 2 nitrogen and oxygen atoms in total. The minimum atomic E-state index is 0.297. The molecule has 1 saturated carbocycles. The maximum Gasteiger partial charge on any atom is 0.137 e. The van der Waals surface area contributed by atoms with Gasteiger partial charge in [-0.2, -0.15) is 0 Å². The molecule has 0 aromatic rings. The summed E-state index contributed by atoms with van der Waals surface area (Å²) in [6, 6.07) is 0. The molecule has 0 aliphatic heterocycles. The van der Waals surface area contributed by atoms with Gasteiger partial charge in [-0.15, -0.1) is 0 Å². The molecule has 0 amide bonds. The van der Waals surface area contributed by atoms with Crippen LogP contribution in [0.5, 0.6) is 0 Å². The maximum absolute atomic E-state index is 12.2. The van der Waals surface area contributed by atoms with Gasteiger partial charge < -0.3 is 4.90 Å². The summed E-state index contributed by atoms with van der Waals surface area (Å²) in [6.45, 7) is 14.6. The third-order valence-electron chi connectivity index (χ3n) is 5.34. The van der Waals surface area contributed by atoms with Gasteiger partial charge in [-0.05, 0) is 37.1 Å². The Morgan fingerprint density at radius 1 is 1.20 bits per heavy atom. The van der Waals surface area contributed by atoms with Crippen LogP contribution in [-0.2, 0) is 4.79 Å². The summed E-state index contributed by atoms with van der Waals surface area (Å²) < 4.78 is 0. The summed E-state index contributed by atoms with van der Waals surface area (Å²) in [5.74, 6) is 3.08. The number of carbonyl (C=O) groups excluding carboxylic acids is 1. The largest absolute Gasteiger partial charge is 0.303 e. The molecule has 0 N–H and O–H groups in total. The van der Waals surface area contributed by atoms with E-state index in [1.54, 1.807) is 0 Å². The van der Waals surface area contributed by atoms with Gasteiger partial charge in [-0.1, -0.05) is 47.5 Å². The Morgan fingerprint density at radius 3 is 2.35 bits per heavy atom. The Bertz CT molecular complexity index is 283. The number of nitrogens with zero attached hydrogens (tertiary/aromatic N) is 1. The van der Waals surface area contributed by atoms with Crippen LogP contribution in [0.25, 0.3) is 0 Å². The lowest BCUT2D eigenvalue weighted by Gasteiger charge is -2.34. The highest BCUT2D eigenvalue weighted by atomic mass is 16.1. The number of carbonyl (C=O) groups is 1. The zero-order valence-corrected chi connectivity index (χ0v) is 14.3. The molecule has 1 aliphatic rings. The molecule has 0 aromatic heterocycles. The zero-order valence-electron chi connectivity index (χ0n) is 14.3. The summed E-state index contributed by atoms with van der Waals surface area (Å²) in [7, 11) is 0. The SMILES string of the molecule is CCC(CC)CN(CC)CC1CC(C(C)C)CCC1=O. The van der Waals surface area contributed by atoms with E-state index in [2.05, 4.69) is 39.5 Å². The van der Waals surface area contributed by atoms with Crippen LogP contribution in [0, 0.1) is 23.7 Å². The second-order valence-corrected chi connectivity index (χ2v) is 6.98. The van der Waals surface area contributed by atoms with Crippen molar-refractivity contribution in [1.29, 1.82) is 0 Å². The van der Waals surface area contributed by atoms with E-state index < -0.39 is 0 Å². The second-order valence-electron chi connectivity index (χ2n) is 6.98. The molecule has 0 saturated heterocycles. The second kappa shape index (κ2) is 8.81. The van der Waals surface area contributed by atoms with E-state index in [0.717, 1.165) is 50.1 Å². The van der Waals surface area contributed by atoms with Gasteiger partial charge >= 0.3 is 0 Å². The summed E-state index contributed by atoms with van der Waals surface area (Å²) in [4.78, 5) is 14.7. The van der Waals surface area contributed by atoms with Gasteiger partial charge in [0.05, 0.1) is 0 Å². The van der Waals surface area contributed by atoms with Gasteiger partial charge in [0.25, 0.3) is 0 Å². The summed E-state index contributed by atoms with van der Waals surface area (Å²) >= 11 is 0. The summed E-state index contributed by atoms with van der Waals surface area (Å²) in [6.07, 6.45) is 5.55. The molecule has 1 aliphatic carbocycles. The average molecular weight is 281 g/mol. The minimum Gasteiger partial charge on any atom is -0.303 e. The van der Waals surface area contributed by atoms with E-state index in [1.165, 1.54) is 19.4 Å². The third kappa shape index (κ3) is 5.20. The maximum atomic E-state index is 12.2. The van der Waals surface area contributed by atoms with Crippen molar-refractivity contribution in [2.75, 3.05) is 19.6 Å². The van der Waals surface area contributed by atoms with E-state index in [4.69, 9.17) is 0 Å². The molecule has 20 heavy (non-hydrogen) atoms. The predicted octanol–water partition coefficient (Wildman–Crippen LogP) is 4.39. The Hall–Kier alpha value is -0.370. The first-order valence-electron chi connectivity index (χ1n) is 8.76. The number of hydrogen-bond donors (Lipinski definition) is 0. The van der Waals surface area contributed by atoms with E-state index in [0.29, 0.717) is 11.7 Å². The fraction of sp³-hybridized carbons (Fsp3) is 0.944. The van der Waals surface area contributed by atoms with E-state index in [9.17, 15) is 4.79 Å². The number of ketones is 1. The van der Waals surface area contributed by atoms with Crippen LogP contribution in [0.1, 0.15) is 66.7 Å². The average Bonchev–Trinajstić information content (AvgIpc) is 2.45. The molecule has 0 aromatic carbocycles. The lowest BCUT2D eigenvalue weighted by Crippen LogP contribution is -2.39. The van der Waals surface area contributed by atoms with E-state index in [1.807, 2.05) is 0 Å². The van der Waals surface area contributed by atoms with Gasteiger partial charge in [-0.3, -0.25) is 4.79 Å². The Balaban J connectivity index is 2.55. The standard InChI is InChI=1S/C18H35NO/c1-6-15(7-2)12-19(8-3)13-17-11-16(14(4)5)9-10-18(17)20/h14-17H,6-13H2,1-5H3. The lowest BCUT2D eigenvalue weighted by molar-refractivity contribution is -0.126. The molecule has 1 rings (SSSR count). The molecule has 0 radical (unpaired) electrons. The topological polar surface area (TPSA) is 20.3 Å². The number of rotatable bonds is 8. The third-order valence-corrected chi connectivity index (χ3v) is 5.34. The van der Waals surface area contributed by atoms with Crippen molar-refractivity contribution < 1.29 is 4.79 Å². The Morgan fingerprint density at radius 2 is 1.85 bits per heavy atom. The minimum absolute atomic E-state index is 0.297. The van der Waals surface area contributed by atoms with E-state index in [-0.39, 0.29) is 0 Å². The molecular weight excluding hydrogens is 246 g/mol. The molecule has 118 valence electrons. The molecule has 0 heterocycles. The molecule has 2 atom stereocenters. The van der Waals surface area contributed by atoms with Crippen molar-refractivity contribution >= 4 is 5.78 Å². The number of hydrogen-bond acceptors (Lipinski definition) is 2. The van der Waals surface area contributed by atoms with Gasteiger partial charge in [0.15, 0.2) is 0 Å². The molecular formula is C18H35NO. The predicted molar refractivity (Wildman–Crippen MR) is 86.9 cm³/mol. The van der Waals surface area contributed by atoms with Gasteiger partial charge in [-0.25, -0.2) is 0 Å². The van der Waals surface area contributed by atoms with Crippen molar-refractivity contribution in [1.82, 2.24) is 4.90 Å². The van der Waals surface area contributed by atoms with Crippen molar-refractivity contribution in [3.05, 3.63) is 0 Å². The van der Waals surface area contributed by atoms with Crippen molar-refractivity contribution in [3.63, 3.8) is 0 Å². The van der Waals surface area contributed by atoms with Crippen molar-refractivity contribution in [3.8, 4) is 0 Å². The van der Waals surface area contributed by atoms with Crippen LogP contribution in [0.3, 0.4) is 0 Å². The lowest BCUT2D eigenvalue weighted by atomic mass is 9.75. The van der Waals surface area contributed by atoms with Crippen LogP contribution in [0.15, 0.2) is 0 Å². The van der Waals surface area contributed by atoms with Crippen molar-refractivity contribution in [2.24, 2.45) is 23.7 Å². The van der Waals surface area contributed by atoms with Crippen LogP contribution in [-0.4, -0.2) is 30.3 Å². The first-order valence-corrected chi connectivity index (χ1v) is 8.76. The van der Waals surface area contributed by atoms with Crippen LogP contribution in [0.2, 0.25) is 0 Å². The monoisotopic (exact) mass is 281 g/mol. The zero-order chi connectivity index (χ0) is 15.1.